The lowest BCUT2D eigenvalue weighted by Crippen LogP contribution is -2.43. The summed E-state index contributed by atoms with van der Waals surface area (Å²) >= 11 is 0. The molecule has 0 aromatic rings. The molecule has 2 bridgehead atoms. The van der Waals surface area contributed by atoms with Gasteiger partial charge in [0.05, 0.1) is 6.10 Å². The smallest absolute Gasteiger partial charge is 0.331 e. The van der Waals surface area contributed by atoms with E-state index < -0.39 is 22.9 Å². The van der Waals surface area contributed by atoms with Crippen LogP contribution in [0.1, 0.15) is 26.2 Å². The molecular weight excluding hydrogens is 260 g/mol. The molecule has 2 saturated carbocycles. The van der Waals surface area contributed by atoms with Crippen molar-refractivity contribution in [2.24, 2.45) is 28.6 Å². The molecule has 0 amide bonds. The second-order valence-corrected chi connectivity index (χ2v) is 6.78. The number of aliphatic hydroxyl groups excluding tert-OH is 2. The van der Waals surface area contributed by atoms with Gasteiger partial charge in [-0.05, 0) is 37.2 Å². The van der Waals surface area contributed by atoms with E-state index in [2.05, 4.69) is 0 Å². The maximum absolute atomic E-state index is 11.4. The summed E-state index contributed by atoms with van der Waals surface area (Å²) in [4.78, 5) is 22.8. The van der Waals surface area contributed by atoms with Gasteiger partial charge in [0, 0.05) is 28.9 Å². The maximum Gasteiger partial charge on any atom is 0.331 e. The molecule has 1 spiro atoms. The number of carbonyl (C=O) groups excluding carboxylic acids is 1. The minimum atomic E-state index is -1.04. The summed E-state index contributed by atoms with van der Waals surface area (Å²) in [6.45, 7) is 1.78. The van der Waals surface area contributed by atoms with Crippen molar-refractivity contribution in [3.05, 3.63) is 11.6 Å². The van der Waals surface area contributed by atoms with Crippen LogP contribution < -0.4 is 0 Å². The van der Waals surface area contributed by atoms with Crippen molar-refractivity contribution in [1.29, 1.82) is 0 Å². The molecule has 3 aliphatic rings. The minimum absolute atomic E-state index is 0.0108. The van der Waals surface area contributed by atoms with Gasteiger partial charge in [0.2, 0.25) is 0 Å². The third kappa shape index (κ3) is 1.35. The summed E-state index contributed by atoms with van der Waals surface area (Å²) in [6.07, 6.45) is 3.35. The molecule has 0 saturated heterocycles. The topological polar surface area (TPSA) is 94.8 Å². The van der Waals surface area contributed by atoms with E-state index in [1.165, 1.54) is 6.08 Å². The first-order valence-corrected chi connectivity index (χ1v) is 7.11. The normalized spacial score (nSPS) is 49.6. The van der Waals surface area contributed by atoms with Crippen LogP contribution in [-0.4, -0.2) is 40.3 Å². The summed E-state index contributed by atoms with van der Waals surface area (Å²) in [7, 11) is 0. The zero-order valence-corrected chi connectivity index (χ0v) is 11.5. The molecule has 3 aliphatic carbocycles. The Morgan fingerprint density at radius 1 is 1.50 bits per heavy atom. The number of hydrogen-bond acceptors (Lipinski definition) is 4. The van der Waals surface area contributed by atoms with Gasteiger partial charge in [0.15, 0.2) is 0 Å². The van der Waals surface area contributed by atoms with E-state index in [0.717, 1.165) is 12.7 Å². The Balaban J connectivity index is 2.17. The van der Waals surface area contributed by atoms with E-state index >= 15 is 0 Å². The van der Waals surface area contributed by atoms with Gasteiger partial charge in [-0.1, -0.05) is 6.92 Å². The maximum atomic E-state index is 11.4. The lowest BCUT2D eigenvalue weighted by atomic mass is 9.66. The number of rotatable bonds is 3. The highest BCUT2D eigenvalue weighted by atomic mass is 16.4. The Kier molecular flexibility index (Phi) is 2.86. The van der Waals surface area contributed by atoms with Crippen LogP contribution in [0, 0.1) is 28.6 Å². The number of carbonyl (C=O) groups is 2. The lowest BCUT2D eigenvalue weighted by Gasteiger charge is -2.40. The molecular formula is C15H20O5. The Morgan fingerprint density at radius 3 is 2.75 bits per heavy atom. The van der Waals surface area contributed by atoms with E-state index in [4.69, 9.17) is 0 Å². The summed E-state index contributed by atoms with van der Waals surface area (Å²) in [6, 6.07) is 0. The van der Waals surface area contributed by atoms with E-state index in [9.17, 15) is 24.9 Å². The van der Waals surface area contributed by atoms with Crippen molar-refractivity contribution < 1.29 is 24.9 Å². The van der Waals surface area contributed by atoms with Crippen molar-refractivity contribution in [3.8, 4) is 0 Å². The number of aliphatic hydroxyl groups is 2. The first-order chi connectivity index (χ1) is 9.41. The van der Waals surface area contributed by atoms with Gasteiger partial charge in [0.1, 0.15) is 6.29 Å². The van der Waals surface area contributed by atoms with E-state index in [1.807, 2.05) is 6.92 Å². The predicted molar refractivity (Wildman–Crippen MR) is 69.7 cm³/mol. The number of aldehydes is 1. The summed E-state index contributed by atoms with van der Waals surface area (Å²) in [5.41, 5.74) is -0.957. The molecule has 2 fully saturated rings. The first kappa shape index (κ1) is 13.8. The van der Waals surface area contributed by atoms with Gasteiger partial charge in [-0.25, -0.2) is 4.79 Å². The predicted octanol–water partition coefficient (Wildman–Crippen LogP) is 0.602. The number of hydrogen-bond donors (Lipinski definition) is 3. The highest BCUT2D eigenvalue weighted by molar-refractivity contribution is 5.88. The number of aliphatic carboxylic acids is 1. The third-order valence-corrected chi connectivity index (χ3v) is 6.27. The quantitative estimate of drug-likeness (QED) is 0.658. The van der Waals surface area contributed by atoms with Gasteiger partial charge in [-0.3, -0.25) is 0 Å². The number of carboxylic acids is 1. The Bertz CT molecular complexity index is 498. The second kappa shape index (κ2) is 4.15. The van der Waals surface area contributed by atoms with Crippen LogP contribution in [0.25, 0.3) is 0 Å². The highest BCUT2D eigenvalue weighted by Gasteiger charge is 2.69. The molecule has 0 aromatic carbocycles. The standard InChI is InChI=1S/C15H20O5/c1-14(7-17)10-5-15(8(6-16)2-3-11(14)15)12(18)4-9(10)13(19)20/h4,6,8,10-12,17-18H,2-3,5,7H2,1H3,(H,19,20). The zero-order valence-electron chi connectivity index (χ0n) is 11.5. The molecule has 0 aromatic heterocycles. The van der Waals surface area contributed by atoms with Crippen molar-refractivity contribution in [2.45, 2.75) is 32.3 Å². The monoisotopic (exact) mass is 280 g/mol. The van der Waals surface area contributed by atoms with Crippen LogP contribution in [0.4, 0.5) is 0 Å². The molecule has 5 nitrogen and oxygen atoms in total. The van der Waals surface area contributed by atoms with Crippen LogP contribution in [0.3, 0.4) is 0 Å². The molecule has 0 heterocycles. The van der Waals surface area contributed by atoms with Crippen LogP contribution in [0.15, 0.2) is 11.6 Å². The number of carboxylic acid groups (broad SMARTS) is 1. The van der Waals surface area contributed by atoms with E-state index in [-0.39, 0.29) is 29.9 Å². The van der Waals surface area contributed by atoms with E-state index in [1.54, 1.807) is 0 Å². The van der Waals surface area contributed by atoms with Crippen LogP contribution in [0.2, 0.25) is 0 Å². The lowest BCUT2D eigenvalue weighted by molar-refractivity contribution is -0.134. The van der Waals surface area contributed by atoms with Gasteiger partial charge in [-0.2, -0.15) is 0 Å². The van der Waals surface area contributed by atoms with Gasteiger partial charge in [-0.15, -0.1) is 0 Å². The Hall–Kier alpha value is -1.20. The molecule has 20 heavy (non-hydrogen) atoms. The van der Waals surface area contributed by atoms with Crippen LogP contribution in [0.5, 0.6) is 0 Å². The average molecular weight is 280 g/mol. The average Bonchev–Trinajstić information content (AvgIpc) is 2.88. The van der Waals surface area contributed by atoms with Gasteiger partial charge >= 0.3 is 5.97 Å². The first-order valence-electron chi connectivity index (χ1n) is 7.11. The summed E-state index contributed by atoms with van der Waals surface area (Å²) in [5.74, 6) is -1.58. The molecule has 110 valence electrons. The molecule has 0 radical (unpaired) electrons. The zero-order chi connectivity index (χ0) is 14.7. The largest absolute Gasteiger partial charge is 0.478 e. The van der Waals surface area contributed by atoms with Crippen molar-refractivity contribution in [1.82, 2.24) is 0 Å². The third-order valence-electron chi connectivity index (χ3n) is 6.27. The number of fused-ring (bicyclic) bond motifs is 1. The Morgan fingerprint density at radius 2 is 2.20 bits per heavy atom. The molecule has 3 rings (SSSR count). The van der Waals surface area contributed by atoms with Crippen molar-refractivity contribution in [2.75, 3.05) is 6.61 Å². The molecule has 0 aliphatic heterocycles. The summed E-state index contributed by atoms with van der Waals surface area (Å²) in [5, 5.41) is 29.8. The van der Waals surface area contributed by atoms with Gasteiger partial charge < -0.3 is 20.1 Å². The fraction of sp³-hybridized carbons (Fsp3) is 0.733. The summed E-state index contributed by atoms with van der Waals surface area (Å²) < 4.78 is 0. The Labute approximate surface area is 117 Å². The van der Waals surface area contributed by atoms with Crippen molar-refractivity contribution >= 4 is 12.3 Å². The molecule has 5 heteroatoms. The van der Waals surface area contributed by atoms with Gasteiger partial charge in [0.25, 0.3) is 0 Å². The van der Waals surface area contributed by atoms with Crippen LogP contribution >= 0.6 is 0 Å². The molecule has 6 unspecified atom stereocenters. The molecule has 6 atom stereocenters. The fourth-order valence-electron chi connectivity index (χ4n) is 5.30. The highest BCUT2D eigenvalue weighted by Crippen LogP contribution is 2.70. The minimum Gasteiger partial charge on any atom is -0.478 e. The second-order valence-electron chi connectivity index (χ2n) is 6.78. The SMILES string of the molecule is CC1(CO)C2CC3(C(O)C=C2C(=O)O)C(C=O)CCC13. The fourth-order valence-corrected chi connectivity index (χ4v) is 5.30. The van der Waals surface area contributed by atoms with Crippen molar-refractivity contribution in [3.63, 3.8) is 0 Å². The van der Waals surface area contributed by atoms with Crippen LogP contribution in [-0.2, 0) is 9.59 Å². The molecule has 3 N–H and O–H groups in total. The van der Waals surface area contributed by atoms with E-state index in [0.29, 0.717) is 12.8 Å².